The molecule has 2 rings (SSSR count). The van der Waals surface area contributed by atoms with Crippen molar-refractivity contribution in [2.45, 2.75) is 19.8 Å². The van der Waals surface area contributed by atoms with Gasteiger partial charge < -0.3 is 20.2 Å². The molecule has 1 aliphatic rings. The molecule has 1 aromatic carbocycles. The highest BCUT2D eigenvalue weighted by Crippen LogP contribution is 2.16. The molecule has 2 amide bonds. The van der Waals surface area contributed by atoms with Gasteiger partial charge in [-0.25, -0.2) is 4.79 Å². The summed E-state index contributed by atoms with van der Waals surface area (Å²) < 4.78 is 0. The fourth-order valence-corrected chi connectivity index (χ4v) is 2.83. The number of benzene rings is 1. The maximum Gasteiger partial charge on any atom is 0.317 e. The fraction of sp³-hybridized carbons (Fsp3) is 0.529. The summed E-state index contributed by atoms with van der Waals surface area (Å²) in [5.41, 5.74) is 1.19. The number of amides is 2. The van der Waals surface area contributed by atoms with Crippen molar-refractivity contribution in [3.05, 3.63) is 30.3 Å². The van der Waals surface area contributed by atoms with Gasteiger partial charge in [-0.05, 0) is 31.9 Å². The van der Waals surface area contributed by atoms with Crippen LogP contribution in [0.4, 0.5) is 10.5 Å². The van der Waals surface area contributed by atoms with E-state index in [1.807, 2.05) is 18.2 Å². The largest absolute Gasteiger partial charge is 0.481 e. The summed E-state index contributed by atoms with van der Waals surface area (Å²) in [6.07, 6.45) is 1.39. The molecular weight excluding hydrogens is 294 g/mol. The molecule has 1 fully saturated rings. The van der Waals surface area contributed by atoms with E-state index in [0.29, 0.717) is 26.1 Å². The number of carbonyl (C=O) groups is 2. The number of aliphatic carboxylic acids is 1. The predicted molar refractivity (Wildman–Crippen MR) is 89.7 cm³/mol. The van der Waals surface area contributed by atoms with Gasteiger partial charge in [-0.3, -0.25) is 4.79 Å². The van der Waals surface area contributed by atoms with Crippen LogP contribution in [0.2, 0.25) is 0 Å². The number of para-hydroxylation sites is 1. The van der Waals surface area contributed by atoms with Crippen LogP contribution in [0.3, 0.4) is 0 Å². The van der Waals surface area contributed by atoms with Crippen LogP contribution in [-0.2, 0) is 4.79 Å². The fourth-order valence-electron chi connectivity index (χ4n) is 2.83. The Morgan fingerprint density at radius 2 is 2.09 bits per heavy atom. The van der Waals surface area contributed by atoms with Crippen LogP contribution in [0.25, 0.3) is 0 Å². The number of nitrogens with zero attached hydrogens (tertiary/aromatic N) is 2. The zero-order valence-corrected chi connectivity index (χ0v) is 13.6. The summed E-state index contributed by atoms with van der Waals surface area (Å²) in [4.78, 5) is 26.8. The topological polar surface area (TPSA) is 72.9 Å². The minimum absolute atomic E-state index is 0.156. The Kier molecular flexibility index (Phi) is 6.26. The Labute approximate surface area is 137 Å². The van der Waals surface area contributed by atoms with Crippen molar-refractivity contribution >= 4 is 17.7 Å². The highest BCUT2D eigenvalue weighted by molar-refractivity contribution is 5.77. The number of anilines is 1. The highest BCUT2D eigenvalue weighted by atomic mass is 16.4. The maximum atomic E-state index is 12.0. The molecule has 1 aromatic rings. The smallest absolute Gasteiger partial charge is 0.317 e. The molecule has 1 aliphatic heterocycles. The molecule has 0 spiro atoms. The minimum atomic E-state index is -0.818. The predicted octanol–water partition coefficient (Wildman–Crippen LogP) is 2.02. The van der Waals surface area contributed by atoms with Crippen molar-refractivity contribution in [1.82, 2.24) is 10.2 Å². The molecule has 23 heavy (non-hydrogen) atoms. The number of likely N-dealkylation sites (tertiary alicyclic amines) is 1. The van der Waals surface area contributed by atoms with E-state index in [0.717, 1.165) is 19.5 Å². The summed E-state index contributed by atoms with van der Waals surface area (Å²) in [5.74, 6) is -1.24. The zero-order valence-electron chi connectivity index (χ0n) is 13.6. The third-order valence-corrected chi connectivity index (χ3v) is 4.21. The van der Waals surface area contributed by atoms with Crippen molar-refractivity contribution in [3.63, 3.8) is 0 Å². The molecule has 1 unspecified atom stereocenters. The van der Waals surface area contributed by atoms with Gasteiger partial charge in [0.15, 0.2) is 0 Å². The Balaban J connectivity index is 1.69. The molecule has 0 saturated carbocycles. The van der Waals surface area contributed by atoms with E-state index >= 15 is 0 Å². The summed E-state index contributed by atoms with van der Waals surface area (Å²) in [6, 6.07) is 10.0. The van der Waals surface area contributed by atoms with Gasteiger partial charge in [0, 0.05) is 38.4 Å². The van der Waals surface area contributed by atoms with Crippen molar-refractivity contribution in [3.8, 4) is 0 Å². The Morgan fingerprint density at radius 1 is 1.35 bits per heavy atom. The Hall–Kier alpha value is -2.24. The number of hydrogen-bond donors (Lipinski definition) is 2. The first-order valence-electron chi connectivity index (χ1n) is 8.17. The summed E-state index contributed by atoms with van der Waals surface area (Å²) in [5, 5.41) is 11.8. The number of rotatable bonds is 7. The van der Waals surface area contributed by atoms with Crippen molar-refractivity contribution in [1.29, 1.82) is 0 Å². The third kappa shape index (κ3) is 4.87. The number of carboxylic acid groups (broad SMARTS) is 1. The monoisotopic (exact) mass is 319 g/mol. The first-order valence-corrected chi connectivity index (χ1v) is 8.17. The molecule has 0 aliphatic carbocycles. The molecule has 1 saturated heterocycles. The van der Waals surface area contributed by atoms with Crippen LogP contribution in [0.1, 0.15) is 19.8 Å². The quantitative estimate of drug-likeness (QED) is 0.754. The Bertz CT molecular complexity index is 521. The lowest BCUT2D eigenvalue weighted by molar-refractivity contribution is -0.141. The lowest BCUT2D eigenvalue weighted by atomic mass is 10.1. The second-order valence-electron chi connectivity index (χ2n) is 5.77. The van der Waals surface area contributed by atoms with Gasteiger partial charge in [0.2, 0.25) is 0 Å². The molecule has 6 nitrogen and oxygen atoms in total. The van der Waals surface area contributed by atoms with Gasteiger partial charge in [-0.15, -0.1) is 0 Å². The van der Waals surface area contributed by atoms with E-state index in [-0.39, 0.29) is 6.03 Å². The molecule has 126 valence electrons. The van der Waals surface area contributed by atoms with Gasteiger partial charge in [0.1, 0.15) is 0 Å². The number of urea groups is 1. The summed E-state index contributed by atoms with van der Waals surface area (Å²) >= 11 is 0. The van der Waals surface area contributed by atoms with E-state index in [2.05, 4.69) is 29.3 Å². The van der Waals surface area contributed by atoms with Crippen LogP contribution in [0, 0.1) is 5.92 Å². The summed E-state index contributed by atoms with van der Waals surface area (Å²) in [6.45, 7) is 5.33. The molecule has 0 bridgehead atoms. The van der Waals surface area contributed by atoms with Crippen molar-refractivity contribution < 1.29 is 14.7 Å². The van der Waals surface area contributed by atoms with Crippen molar-refractivity contribution in [2.75, 3.05) is 37.6 Å². The molecule has 0 radical (unpaired) electrons. The molecule has 2 N–H and O–H groups in total. The first kappa shape index (κ1) is 17.1. The van der Waals surface area contributed by atoms with Crippen LogP contribution in [-0.4, -0.2) is 54.7 Å². The first-order chi connectivity index (χ1) is 11.1. The molecular formula is C17H25N3O3. The van der Waals surface area contributed by atoms with Crippen LogP contribution >= 0.6 is 0 Å². The summed E-state index contributed by atoms with van der Waals surface area (Å²) in [7, 11) is 0. The van der Waals surface area contributed by atoms with Crippen molar-refractivity contribution in [2.24, 2.45) is 5.92 Å². The molecule has 6 heteroatoms. The average molecular weight is 319 g/mol. The lowest BCUT2D eigenvalue weighted by Crippen LogP contribution is -2.40. The maximum absolute atomic E-state index is 12.0. The van der Waals surface area contributed by atoms with Crippen LogP contribution < -0.4 is 10.2 Å². The van der Waals surface area contributed by atoms with Gasteiger partial charge in [-0.2, -0.15) is 0 Å². The van der Waals surface area contributed by atoms with Gasteiger partial charge in [-0.1, -0.05) is 18.2 Å². The molecule has 1 atom stereocenters. The highest BCUT2D eigenvalue weighted by Gasteiger charge is 2.30. The van der Waals surface area contributed by atoms with Crippen LogP contribution in [0.15, 0.2) is 30.3 Å². The standard InChI is InChI=1S/C17H25N3O3/c1-2-19(15-7-4-3-5-8-15)11-6-10-18-17(23)20-12-9-14(13-20)16(21)22/h3-5,7-8,14H,2,6,9-13H2,1H3,(H,18,23)(H,21,22). The second kappa shape index (κ2) is 8.41. The van der Waals surface area contributed by atoms with E-state index in [1.54, 1.807) is 4.90 Å². The van der Waals surface area contributed by atoms with Gasteiger partial charge in [0.25, 0.3) is 0 Å². The lowest BCUT2D eigenvalue weighted by Gasteiger charge is -2.23. The van der Waals surface area contributed by atoms with Gasteiger partial charge in [0.05, 0.1) is 5.92 Å². The SMILES string of the molecule is CCN(CCCNC(=O)N1CCC(C(=O)O)C1)c1ccccc1. The molecule has 1 heterocycles. The normalized spacial score (nSPS) is 17.1. The van der Waals surface area contributed by atoms with E-state index in [1.165, 1.54) is 5.69 Å². The van der Waals surface area contributed by atoms with Gasteiger partial charge >= 0.3 is 12.0 Å². The number of carbonyl (C=O) groups excluding carboxylic acids is 1. The van der Waals surface area contributed by atoms with E-state index in [9.17, 15) is 9.59 Å². The number of hydrogen-bond acceptors (Lipinski definition) is 3. The second-order valence-corrected chi connectivity index (χ2v) is 5.77. The molecule has 0 aromatic heterocycles. The minimum Gasteiger partial charge on any atom is -0.481 e. The number of carboxylic acids is 1. The average Bonchev–Trinajstić information content (AvgIpc) is 3.06. The zero-order chi connectivity index (χ0) is 16.7. The van der Waals surface area contributed by atoms with E-state index < -0.39 is 11.9 Å². The number of nitrogens with one attached hydrogen (secondary N) is 1. The third-order valence-electron chi connectivity index (χ3n) is 4.21. The van der Waals surface area contributed by atoms with E-state index in [4.69, 9.17) is 5.11 Å². The van der Waals surface area contributed by atoms with Crippen LogP contribution in [0.5, 0.6) is 0 Å². The Morgan fingerprint density at radius 3 is 2.70 bits per heavy atom.